The first-order valence-electron chi connectivity index (χ1n) is 12.8. The second-order valence-corrected chi connectivity index (χ2v) is 11.8. The zero-order valence-electron chi connectivity index (χ0n) is 20.5. The van der Waals surface area contributed by atoms with Gasteiger partial charge in [-0.3, -0.25) is 4.79 Å². The van der Waals surface area contributed by atoms with Crippen LogP contribution in [-0.4, -0.2) is 66.3 Å². The summed E-state index contributed by atoms with van der Waals surface area (Å²) in [7, 11) is 0. The third-order valence-electron chi connectivity index (χ3n) is 7.94. The van der Waals surface area contributed by atoms with Crippen molar-refractivity contribution in [1.82, 2.24) is 14.9 Å². The first-order chi connectivity index (χ1) is 17.8. The van der Waals surface area contributed by atoms with E-state index < -0.39 is 12.6 Å². The zero-order chi connectivity index (χ0) is 25.6. The highest BCUT2D eigenvalue weighted by Gasteiger charge is 2.48. The molecule has 2 aliphatic heterocycles. The van der Waals surface area contributed by atoms with Crippen LogP contribution >= 0.6 is 11.3 Å². The Morgan fingerprint density at radius 1 is 1.11 bits per heavy atom. The lowest BCUT2D eigenvalue weighted by Gasteiger charge is -2.45. The van der Waals surface area contributed by atoms with Gasteiger partial charge in [-0.15, -0.1) is 11.3 Å². The molecule has 10 heteroatoms. The van der Waals surface area contributed by atoms with E-state index in [-0.39, 0.29) is 16.2 Å². The Kier molecular flexibility index (Phi) is 6.35. The quantitative estimate of drug-likeness (QED) is 0.459. The average Bonchev–Trinajstić information content (AvgIpc) is 3.47. The Balaban J connectivity index is 1.06. The number of fused-ring (bicyclic) bond motifs is 1. The number of ether oxygens (including phenoxy) is 1. The Labute approximate surface area is 217 Å². The van der Waals surface area contributed by atoms with Crippen molar-refractivity contribution in [3.8, 4) is 0 Å². The van der Waals surface area contributed by atoms with Gasteiger partial charge in [0.2, 0.25) is 0 Å². The number of anilines is 1. The molecular formula is C27H29F3N4O2S. The number of morpholine rings is 1. The first kappa shape index (κ1) is 24.6. The molecule has 196 valence electrons. The number of aromatic nitrogens is 2. The molecule has 0 radical (unpaired) electrons. The molecule has 3 fully saturated rings. The lowest BCUT2D eigenvalue weighted by atomic mass is 9.60. The van der Waals surface area contributed by atoms with Crippen molar-refractivity contribution in [3.63, 3.8) is 0 Å². The fourth-order valence-electron chi connectivity index (χ4n) is 6.25. The molecule has 1 aromatic carbocycles. The molecule has 2 saturated heterocycles. The van der Waals surface area contributed by atoms with E-state index in [0.717, 1.165) is 66.9 Å². The normalized spacial score (nSPS) is 24.1. The van der Waals surface area contributed by atoms with Gasteiger partial charge in [-0.05, 0) is 60.8 Å². The van der Waals surface area contributed by atoms with E-state index in [4.69, 9.17) is 4.74 Å². The predicted octanol–water partition coefficient (Wildman–Crippen LogP) is 5.12. The molecule has 2 aromatic heterocycles. The van der Waals surface area contributed by atoms with Crippen LogP contribution in [0.3, 0.4) is 0 Å². The maximum atomic E-state index is 12.9. The van der Waals surface area contributed by atoms with Gasteiger partial charge in [0.15, 0.2) is 0 Å². The van der Waals surface area contributed by atoms with Crippen molar-refractivity contribution >= 4 is 33.3 Å². The maximum Gasteiger partial charge on any atom is 0.393 e. The van der Waals surface area contributed by atoms with Gasteiger partial charge >= 0.3 is 6.18 Å². The number of carbonyl (C=O) groups is 1. The van der Waals surface area contributed by atoms with Crippen molar-refractivity contribution in [2.24, 2.45) is 11.3 Å². The van der Waals surface area contributed by atoms with E-state index in [0.29, 0.717) is 37.1 Å². The number of carbonyl (C=O) groups excluding carboxylic acids is 1. The van der Waals surface area contributed by atoms with Gasteiger partial charge < -0.3 is 14.5 Å². The van der Waals surface area contributed by atoms with Crippen molar-refractivity contribution in [2.75, 3.05) is 44.3 Å². The molecule has 6 rings (SSSR count). The number of alkyl halides is 3. The average molecular weight is 531 g/mol. The Morgan fingerprint density at radius 3 is 2.59 bits per heavy atom. The summed E-state index contributed by atoms with van der Waals surface area (Å²) in [6.07, 6.45) is 0.642. The number of benzene rings is 1. The molecule has 3 aromatic rings. The first-order valence-corrected chi connectivity index (χ1v) is 13.6. The summed E-state index contributed by atoms with van der Waals surface area (Å²) in [5.41, 5.74) is 2.23. The lowest BCUT2D eigenvalue weighted by molar-refractivity contribution is -0.126. The van der Waals surface area contributed by atoms with Crippen LogP contribution in [0.4, 0.5) is 19.0 Å². The largest absolute Gasteiger partial charge is 0.393 e. The molecule has 1 saturated carbocycles. The minimum absolute atomic E-state index is 0.0680. The van der Waals surface area contributed by atoms with Crippen molar-refractivity contribution in [3.05, 3.63) is 52.7 Å². The van der Waals surface area contributed by atoms with Crippen molar-refractivity contribution < 1.29 is 22.7 Å². The fourth-order valence-corrected chi connectivity index (χ4v) is 7.27. The molecule has 1 aliphatic carbocycles. The predicted molar refractivity (Wildman–Crippen MR) is 136 cm³/mol. The van der Waals surface area contributed by atoms with Gasteiger partial charge in [-0.2, -0.15) is 13.2 Å². The number of thiophene rings is 1. The highest BCUT2D eigenvalue weighted by Crippen LogP contribution is 2.53. The molecule has 1 spiro atoms. The van der Waals surface area contributed by atoms with Crippen LogP contribution in [0.25, 0.3) is 10.2 Å². The number of hydrogen-bond donors (Lipinski definition) is 0. The lowest BCUT2D eigenvalue weighted by Crippen LogP contribution is -2.41. The third-order valence-corrected chi connectivity index (χ3v) is 8.98. The summed E-state index contributed by atoms with van der Waals surface area (Å²) in [4.78, 5) is 26.3. The van der Waals surface area contributed by atoms with Crippen LogP contribution in [0.2, 0.25) is 0 Å². The van der Waals surface area contributed by atoms with Crippen LogP contribution in [0.5, 0.6) is 0 Å². The van der Waals surface area contributed by atoms with E-state index in [9.17, 15) is 18.0 Å². The van der Waals surface area contributed by atoms with E-state index in [2.05, 4.69) is 27.0 Å². The van der Waals surface area contributed by atoms with Crippen LogP contribution in [0.15, 0.2) is 36.7 Å². The fraction of sp³-hybridized carbons (Fsp3) is 0.519. The molecule has 0 atom stereocenters. The highest BCUT2D eigenvalue weighted by atomic mass is 32.1. The number of nitrogens with zero attached hydrogens (tertiary/aromatic N) is 4. The molecule has 0 unspecified atom stereocenters. The van der Waals surface area contributed by atoms with E-state index in [1.54, 1.807) is 6.07 Å². The van der Waals surface area contributed by atoms with Gasteiger partial charge in [0.25, 0.3) is 5.91 Å². The van der Waals surface area contributed by atoms with E-state index >= 15 is 0 Å². The minimum Gasteiger partial charge on any atom is -0.378 e. The standard InChI is InChI=1S/C27H29F3N4O2S/c28-27(29,30)15-21-12-22-23(31-17-32-24(22)37-21)34-6-5-26(16-34)13-19(14-26)11-18-1-3-20(4-2-18)25(35)33-7-9-36-10-8-33/h1-4,12,17,19H,5-11,13-16H2. The smallest absolute Gasteiger partial charge is 0.378 e. The number of amides is 1. The van der Waals surface area contributed by atoms with Crippen LogP contribution in [-0.2, 0) is 17.6 Å². The zero-order valence-corrected chi connectivity index (χ0v) is 21.3. The van der Waals surface area contributed by atoms with Gasteiger partial charge in [0.05, 0.1) is 25.0 Å². The second kappa shape index (κ2) is 9.54. The highest BCUT2D eigenvalue weighted by molar-refractivity contribution is 7.18. The minimum atomic E-state index is -4.23. The topological polar surface area (TPSA) is 58.6 Å². The summed E-state index contributed by atoms with van der Waals surface area (Å²) < 4.78 is 44.0. The van der Waals surface area contributed by atoms with Gasteiger partial charge in [0.1, 0.15) is 17.0 Å². The Bertz CT molecular complexity index is 1280. The van der Waals surface area contributed by atoms with E-state index in [1.165, 1.54) is 11.9 Å². The SMILES string of the molecule is O=C(c1ccc(CC2CC3(CCN(c4ncnc5sc(CC(F)(F)F)cc45)C3)C2)cc1)N1CCOCC1. The number of halogens is 3. The summed E-state index contributed by atoms with van der Waals surface area (Å²) in [6, 6.07) is 9.64. The summed E-state index contributed by atoms with van der Waals surface area (Å²) >= 11 is 1.10. The van der Waals surface area contributed by atoms with Crippen molar-refractivity contribution in [1.29, 1.82) is 0 Å². The Morgan fingerprint density at radius 2 is 1.86 bits per heavy atom. The van der Waals surface area contributed by atoms with Crippen molar-refractivity contribution in [2.45, 2.75) is 38.3 Å². The number of rotatable bonds is 5. The summed E-state index contributed by atoms with van der Waals surface area (Å²) in [5.74, 6) is 1.43. The monoisotopic (exact) mass is 530 g/mol. The number of hydrogen-bond acceptors (Lipinski definition) is 6. The molecule has 37 heavy (non-hydrogen) atoms. The van der Waals surface area contributed by atoms with E-state index in [1.807, 2.05) is 17.0 Å². The summed E-state index contributed by atoms with van der Waals surface area (Å²) in [6.45, 7) is 4.22. The third kappa shape index (κ3) is 5.18. The molecule has 4 heterocycles. The molecule has 0 N–H and O–H groups in total. The molecule has 0 bridgehead atoms. The van der Waals surface area contributed by atoms with Crippen LogP contribution in [0, 0.1) is 11.3 Å². The van der Waals surface area contributed by atoms with Gasteiger partial charge in [0, 0.05) is 36.6 Å². The molecular weight excluding hydrogens is 501 g/mol. The molecule has 6 nitrogen and oxygen atoms in total. The summed E-state index contributed by atoms with van der Waals surface area (Å²) in [5, 5.41) is 0.728. The molecule has 3 aliphatic rings. The maximum absolute atomic E-state index is 12.9. The van der Waals surface area contributed by atoms with Crippen LogP contribution in [0.1, 0.15) is 40.1 Å². The second-order valence-electron chi connectivity index (χ2n) is 10.7. The van der Waals surface area contributed by atoms with Gasteiger partial charge in [-0.25, -0.2) is 9.97 Å². The van der Waals surface area contributed by atoms with Gasteiger partial charge in [-0.1, -0.05) is 12.1 Å². The van der Waals surface area contributed by atoms with Crippen LogP contribution < -0.4 is 4.90 Å². The Hall–Kier alpha value is -2.72. The molecule has 1 amide bonds.